The molecule has 0 saturated heterocycles. The fraction of sp³-hybridized carbons (Fsp3) is 0.0152. The van der Waals surface area contributed by atoms with E-state index < -0.39 is 5.41 Å². The second kappa shape index (κ2) is 14.3. The van der Waals surface area contributed by atoms with Gasteiger partial charge in [-0.1, -0.05) is 176 Å². The highest BCUT2D eigenvalue weighted by atomic mass is 16.5. The summed E-state index contributed by atoms with van der Waals surface area (Å²) in [6.45, 7) is 0. The first kappa shape index (κ1) is 38.5. The number of pyridine rings is 1. The Labute approximate surface area is 407 Å². The van der Waals surface area contributed by atoms with Crippen LogP contribution in [0.25, 0.3) is 116 Å². The monoisotopic (exact) mass is 902 g/mol. The largest absolute Gasteiger partial charge is 0.457 e. The molecule has 14 aromatic rings. The molecule has 0 unspecified atom stereocenters. The molecule has 0 N–H and O–H groups in total. The minimum absolute atomic E-state index is 0.519. The van der Waals surface area contributed by atoms with Crippen LogP contribution < -0.4 is 4.74 Å². The Bertz CT molecular complexity index is 4520. The topological polar surface area (TPSA) is 52.3 Å². The number of benzene rings is 11. The van der Waals surface area contributed by atoms with Crippen LogP contribution in [-0.4, -0.2) is 19.4 Å². The van der Waals surface area contributed by atoms with Crippen molar-refractivity contribution in [3.8, 4) is 67.9 Å². The fourth-order valence-electron chi connectivity index (χ4n) is 12.4. The molecule has 1 spiro atoms. The van der Waals surface area contributed by atoms with Gasteiger partial charge >= 0.3 is 0 Å². The van der Waals surface area contributed by atoms with Gasteiger partial charge in [-0.05, 0) is 110 Å². The van der Waals surface area contributed by atoms with Crippen molar-refractivity contribution in [2.75, 3.05) is 0 Å². The van der Waals surface area contributed by atoms with Crippen molar-refractivity contribution in [2.24, 2.45) is 0 Å². The zero-order valence-corrected chi connectivity index (χ0v) is 38.1. The van der Waals surface area contributed by atoms with Crippen molar-refractivity contribution < 1.29 is 4.74 Å². The Morgan fingerprint density at radius 1 is 0.324 bits per heavy atom. The van der Waals surface area contributed by atoms with Crippen molar-refractivity contribution in [3.63, 3.8) is 0 Å². The van der Waals surface area contributed by atoms with E-state index in [2.05, 4.69) is 217 Å². The number of rotatable bonds is 4. The fourth-order valence-corrected chi connectivity index (χ4v) is 12.4. The van der Waals surface area contributed by atoms with E-state index in [0.717, 1.165) is 61.0 Å². The second-order valence-corrected chi connectivity index (χ2v) is 19.1. The van der Waals surface area contributed by atoms with E-state index in [-0.39, 0.29) is 0 Å². The highest BCUT2D eigenvalue weighted by Gasteiger charge is 2.51. The number of hydrogen-bond donors (Lipinski definition) is 0. The predicted molar refractivity (Wildman–Crippen MR) is 289 cm³/mol. The highest BCUT2D eigenvalue weighted by Crippen LogP contribution is 2.62. The normalized spacial score (nSPS) is 13.3. The van der Waals surface area contributed by atoms with E-state index in [1.54, 1.807) is 0 Å². The molecule has 2 aliphatic rings. The first-order valence-corrected chi connectivity index (χ1v) is 24.2. The van der Waals surface area contributed by atoms with Crippen LogP contribution in [0, 0.1) is 0 Å². The third kappa shape index (κ3) is 5.32. The molecule has 5 heteroatoms. The molecule has 0 saturated carbocycles. The number of hydrogen-bond acceptors (Lipinski definition) is 4. The standard InChI is InChI=1S/C66H38N4O/c1-2-15-41(16-3-1)63-67-64(45-29-28-39-14-4-5-17-42(39)34-45)69-65(68-63)46-37-51-48-21-12-18-40-19-13-25-58(61(40)48)70-57-33-31-44(36-50(57)52(38-46)62(51)70)43-30-32-54-49(35-43)47-20-6-7-22-53(47)66(54)55-23-8-10-26-59(55)71-60-27-11-9-24-56(60)66/h1-38H. The third-order valence-corrected chi connectivity index (χ3v) is 15.4. The van der Waals surface area contributed by atoms with Crippen LogP contribution in [0.15, 0.2) is 231 Å². The highest BCUT2D eigenvalue weighted by molar-refractivity contribution is 6.28. The van der Waals surface area contributed by atoms with Crippen LogP contribution in [0.5, 0.6) is 11.5 Å². The summed E-state index contributed by atoms with van der Waals surface area (Å²) in [4.78, 5) is 15.8. The van der Waals surface area contributed by atoms with Gasteiger partial charge in [0, 0.05) is 49.4 Å². The summed E-state index contributed by atoms with van der Waals surface area (Å²) in [6, 6.07) is 83.3. The SMILES string of the molecule is c1ccc(-c2nc(-c3ccc4ccccc4c3)nc(-c3cc4c5cccc6cccc(c65)n5c6ccc(-c7ccc8c(c7)-c7ccccc7C87c8ccccc8Oc8ccccc87)cc6c(c3)c45)n2)cc1. The number of nitrogens with zero attached hydrogens (tertiary/aromatic N) is 4. The molecule has 0 atom stereocenters. The second-order valence-electron chi connectivity index (χ2n) is 19.1. The Morgan fingerprint density at radius 2 is 0.901 bits per heavy atom. The molecule has 71 heavy (non-hydrogen) atoms. The first-order chi connectivity index (χ1) is 35.2. The molecule has 16 rings (SSSR count). The van der Waals surface area contributed by atoms with Gasteiger partial charge in [-0.25, -0.2) is 15.0 Å². The van der Waals surface area contributed by atoms with E-state index in [4.69, 9.17) is 19.7 Å². The maximum Gasteiger partial charge on any atom is 0.164 e. The van der Waals surface area contributed by atoms with Crippen molar-refractivity contribution >= 4 is 59.6 Å². The van der Waals surface area contributed by atoms with E-state index in [9.17, 15) is 0 Å². The van der Waals surface area contributed by atoms with Crippen LogP contribution in [-0.2, 0) is 5.41 Å². The lowest BCUT2D eigenvalue weighted by atomic mass is 9.66. The molecule has 0 radical (unpaired) electrons. The van der Waals surface area contributed by atoms with E-state index >= 15 is 0 Å². The van der Waals surface area contributed by atoms with Gasteiger partial charge in [-0.3, -0.25) is 0 Å². The van der Waals surface area contributed by atoms with Gasteiger partial charge in [0.1, 0.15) is 11.5 Å². The van der Waals surface area contributed by atoms with Crippen LogP contribution in [0.3, 0.4) is 0 Å². The summed E-state index contributed by atoms with van der Waals surface area (Å²) in [5, 5.41) is 9.44. The van der Waals surface area contributed by atoms with Gasteiger partial charge < -0.3 is 9.14 Å². The average molecular weight is 903 g/mol. The van der Waals surface area contributed by atoms with Crippen LogP contribution in [0.2, 0.25) is 0 Å². The molecular formula is C66H38N4O. The maximum absolute atomic E-state index is 6.62. The van der Waals surface area contributed by atoms with Crippen molar-refractivity contribution in [1.82, 2.24) is 19.4 Å². The number of ether oxygens (including phenoxy) is 1. The zero-order valence-electron chi connectivity index (χ0n) is 38.1. The summed E-state index contributed by atoms with van der Waals surface area (Å²) in [7, 11) is 0. The van der Waals surface area contributed by atoms with E-state index in [1.165, 1.54) is 71.3 Å². The molecule has 11 aromatic carbocycles. The van der Waals surface area contributed by atoms with Crippen LogP contribution in [0.1, 0.15) is 22.3 Å². The van der Waals surface area contributed by atoms with Gasteiger partial charge in [-0.2, -0.15) is 0 Å². The molecule has 5 nitrogen and oxygen atoms in total. The van der Waals surface area contributed by atoms with Crippen LogP contribution >= 0.6 is 0 Å². The summed E-state index contributed by atoms with van der Waals surface area (Å²) in [5.74, 6) is 3.69. The van der Waals surface area contributed by atoms with Crippen molar-refractivity contribution in [3.05, 3.63) is 253 Å². The van der Waals surface area contributed by atoms with Gasteiger partial charge in [-0.15, -0.1) is 0 Å². The zero-order chi connectivity index (χ0) is 46.4. The lowest BCUT2D eigenvalue weighted by Crippen LogP contribution is -2.32. The lowest BCUT2D eigenvalue weighted by Gasteiger charge is -2.39. The molecule has 3 aromatic heterocycles. The summed E-state index contributed by atoms with van der Waals surface area (Å²) in [5.41, 5.74) is 15.5. The Hall–Kier alpha value is -9.45. The minimum Gasteiger partial charge on any atom is -0.457 e. The van der Waals surface area contributed by atoms with E-state index in [1.807, 2.05) is 18.2 Å². The average Bonchev–Trinajstić information content (AvgIpc) is 3.92. The number of fused-ring (bicyclic) bond motifs is 15. The third-order valence-electron chi connectivity index (χ3n) is 15.4. The molecule has 4 heterocycles. The van der Waals surface area contributed by atoms with Crippen molar-refractivity contribution in [2.45, 2.75) is 5.41 Å². The molecule has 0 amide bonds. The van der Waals surface area contributed by atoms with Gasteiger partial charge in [0.2, 0.25) is 0 Å². The molecule has 0 fully saturated rings. The molecular weight excluding hydrogens is 865 g/mol. The Balaban J connectivity index is 0.943. The smallest absolute Gasteiger partial charge is 0.164 e. The predicted octanol–water partition coefficient (Wildman–Crippen LogP) is 16.5. The Kier molecular flexibility index (Phi) is 7.75. The summed E-state index contributed by atoms with van der Waals surface area (Å²) < 4.78 is 9.10. The lowest BCUT2D eigenvalue weighted by molar-refractivity contribution is 0.436. The minimum atomic E-state index is -0.519. The number of para-hydroxylation sites is 2. The number of aromatic nitrogens is 4. The van der Waals surface area contributed by atoms with Gasteiger partial charge in [0.15, 0.2) is 17.5 Å². The molecule has 328 valence electrons. The van der Waals surface area contributed by atoms with Gasteiger partial charge in [0.05, 0.1) is 22.0 Å². The van der Waals surface area contributed by atoms with E-state index in [0.29, 0.717) is 17.5 Å². The first-order valence-electron chi connectivity index (χ1n) is 24.2. The Morgan fingerprint density at radius 3 is 1.70 bits per heavy atom. The summed E-state index contributed by atoms with van der Waals surface area (Å²) in [6.07, 6.45) is 0. The maximum atomic E-state index is 6.62. The van der Waals surface area contributed by atoms with Crippen LogP contribution in [0.4, 0.5) is 0 Å². The molecule has 1 aliphatic heterocycles. The summed E-state index contributed by atoms with van der Waals surface area (Å²) >= 11 is 0. The molecule has 0 bridgehead atoms. The molecule has 1 aliphatic carbocycles. The quantitative estimate of drug-likeness (QED) is 0.130. The van der Waals surface area contributed by atoms with Crippen molar-refractivity contribution in [1.29, 1.82) is 0 Å². The van der Waals surface area contributed by atoms with Gasteiger partial charge in [0.25, 0.3) is 0 Å².